The van der Waals surface area contributed by atoms with Crippen molar-refractivity contribution in [1.29, 1.82) is 0 Å². The second-order valence-electron chi connectivity index (χ2n) is 5.47. The topological polar surface area (TPSA) is 98.3 Å². The number of carboxylic acids is 1. The molecule has 0 bridgehead atoms. The lowest BCUT2D eigenvalue weighted by Crippen LogP contribution is -2.46. The molecule has 7 heteroatoms. The minimum absolute atomic E-state index is 0.120. The third-order valence-electron chi connectivity index (χ3n) is 3.84. The van der Waals surface area contributed by atoms with Crippen molar-refractivity contribution >= 4 is 12.0 Å². The van der Waals surface area contributed by atoms with Gasteiger partial charge in [-0.1, -0.05) is 6.42 Å². The maximum absolute atomic E-state index is 12.0. The van der Waals surface area contributed by atoms with E-state index in [1.54, 1.807) is 19.4 Å². The molecule has 2 amide bonds. The first kappa shape index (κ1) is 14.4. The molecule has 1 saturated carbocycles. The highest BCUT2D eigenvalue weighted by Crippen LogP contribution is 2.43. The number of hydrogen-bond acceptors (Lipinski definition) is 3. The van der Waals surface area contributed by atoms with Crippen molar-refractivity contribution in [3.63, 3.8) is 0 Å². The summed E-state index contributed by atoms with van der Waals surface area (Å²) in [6.07, 6.45) is 6.22. The first-order valence-electron chi connectivity index (χ1n) is 6.70. The zero-order chi connectivity index (χ0) is 14.6. The number of H-pyrrole nitrogens is 1. The van der Waals surface area contributed by atoms with Crippen molar-refractivity contribution in [3.05, 3.63) is 18.2 Å². The van der Waals surface area contributed by atoms with Gasteiger partial charge in [-0.25, -0.2) is 9.78 Å². The van der Waals surface area contributed by atoms with Crippen LogP contribution in [0.4, 0.5) is 4.79 Å². The van der Waals surface area contributed by atoms with Crippen molar-refractivity contribution in [2.45, 2.75) is 32.2 Å². The molecule has 3 N–H and O–H groups in total. The molecule has 1 fully saturated rings. The van der Waals surface area contributed by atoms with Gasteiger partial charge in [0.15, 0.2) is 0 Å². The number of rotatable bonds is 6. The quantitative estimate of drug-likeness (QED) is 0.729. The Morgan fingerprint density at radius 2 is 2.30 bits per heavy atom. The van der Waals surface area contributed by atoms with Crippen LogP contribution in [0.3, 0.4) is 0 Å². The molecule has 2 rings (SSSR count). The van der Waals surface area contributed by atoms with E-state index in [2.05, 4.69) is 15.3 Å². The van der Waals surface area contributed by atoms with Gasteiger partial charge in [0.2, 0.25) is 0 Å². The summed E-state index contributed by atoms with van der Waals surface area (Å²) in [5.74, 6) is -0.0885. The summed E-state index contributed by atoms with van der Waals surface area (Å²) >= 11 is 0. The SMILES string of the molecule is CN(Cc1ncc[nH]1)C(=O)NCC1(CC(=O)O)CCC1. The predicted octanol–water partition coefficient (Wildman–Crippen LogP) is 1.20. The molecular weight excluding hydrogens is 260 g/mol. The van der Waals surface area contributed by atoms with Crippen LogP contribution in [-0.2, 0) is 11.3 Å². The van der Waals surface area contributed by atoms with Gasteiger partial charge in [-0.05, 0) is 18.3 Å². The van der Waals surface area contributed by atoms with Gasteiger partial charge in [-0.3, -0.25) is 4.79 Å². The number of nitrogens with zero attached hydrogens (tertiary/aromatic N) is 2. The van der Waals surface area contributed by atoms with Gasteiger partial charge in [0, 0.05) is 26.0 Å². The van der Waals surface area contributed by atoms with E-state index in [-0.39, 0.29) is 17.9 Å². The Labute approximate surface area is 117 Å². The molecule has 0 atom stereocenters. The Morgan fingerprint density at radius 3 is 2.80 bits per heavy atom. The van der Waals surface area contributed by atoms with Crippen molar-refractivity contribution in [2.75, 3.05) is 13.6 Å². The van der Waals surface area contributed by atoms with E-state index in [4.69, 9.17) is 5.11 Å². The number of carbonyl (C=O) groups excluding carboxylic acids is 1. The maximum atomic E-state index is 12.0. The van der Waals surface area contributed by atoms with Crippen LogP contribution in [0.15, 0.2) is 12.4 Å². The van der Waals surface area contributed by atoms with Gasteiger partial charge in [0.25, 0.3) is 0 Å². The Bertz CT molecular complexity index is 468. The van der Waals surface area contributed by atoms with Crippen LogP contribution in [0.2, 0.25) is 0 Å². The van der Waals surface area contributed by atoms with E-state index in [0.29, 0.717) is 18.9 Å². The minimum atomic E-state index is -0.803. The van der Waals surface area contributed by atoms with Crippen LogP contribution in [-0.4, -0.2) is 45.6 Å². The second kappa shape index (κ2) is 5.94. The molecule has 0 aromatic carbocycles. The fourth-order valence-corrected chi connectivity index (χ4v) is 2.49. The number of carboxylic acid groups (broad SMARTS) is 1. The molecular formula is C13H20N4O3. The zero-order valence-corrected chi connectivity index (χ0v) is 11.6. The number of aromatic amines is 1. The average molecular weight is 280 g/mol. The van der Waals surface area contributed by atoms with Gasteiger partial charge in [-0.15, -0.1) is 0 Å². The number of aliphatic carboxylic acids is 1. The highest BCUT2D eigenvalue weighted by atomic mass is 16.4. The summed E-state index contributed by atoms with van der Waals surface area (Å²) in [6.45, 7) is 0.811. The Kier molecular flexibility index (Phi) is 4.26. The fraction of sp³-hybridized carbons (Fsp3) is 0.615. The number of nitrogens with one attached hydrogen (secondary N) is 2. The number of aromatic nitrogens is 2. The maximum Gasteiger partial charge on any atom is 0.317 e. The number of imidazole rings is 1. The molecule has 110 valence electrons. The smallest absolute Gasteiger partial charge is 0.317 e. The molecule has 20 heavy (non-hydrogen) atoms. The van der Waals surface area contributed by atoms with E-state index < -0.39 is 5.97 Å². The van der Waals surface area contributed by atoms with Crippen molar-refractivity contribution in [3.8, 4) is 0 Å². The van der Waals surface area contributed by atoms with Gasteiger partial charge in [0.1, 0.15) is 5.82 Å². The first-order valence-corrected chi connectivity index (χ1v) is 6.70. The van der Waals surface area contributed by atoms with Gasteiger partial charge in [-0.2, -0.15) is 0 Å². The molecule has 1 aliphatic rings. The molecule has 0 unspecified atom stereocenters. The molecule has 0 saturated heterocycles. The second-order valence-corrected chi connectivity index (χ2v) is 5.47. The lowest BCUT2D eigenvalue weighted by atomic mass is 9.66. The predicted molar refractivity (Wildman–Crippen MR) is 72.0 cm³/mol. The molecule has 1 aromatic rings. The molecule has 0 radical (unpaired) electrons. The van der Waals surface area contributed by atoms with E-state index in [1.165, 1.54) is 4.90 Å². The van der Waals surface area contributed by atoms with Crippen LogP contribution in [0.25, 0.3) is 0 Å². The minimum Gasteiger partial charge on any atom is -0.481 e. The molecule has 1 aromatic heterocycles. The third-order valence-corrected chi connectivity index (χ3v) is 3.84. The normalized spacial score (nSPS) is 16.2. The van der Waals surface area contributed by atoms with E-state index in [1.807, 2.05) is 0 Å². The van der Waals surface area contributed by atoms with Crippen LogP contribution in [0, 0.1) is 5.41 Å². The Balaban J connectivity index is 1.80. The number of hydrogen-bond donors (Lipinski definition) is 3. The number of amides is 2. The molecule has 0 spiro atoms. The van der Waals surface area contributed by atoms with Crippen molar-refractivity contribution < 1.29 is 14.7 Å². The van der Waals surface area contributed by atoms with Gasteiger partial charge < -0.3 is 20.3 Å². The summed E-state index contributed by atoms with van der Waals surface area (Å²) in [5, 5.41) is 11.7. The Morgan fingerprint density at radius 1 is 1.55 bits per heavy atom. The lowest BCUT2D eigenvalue weighted by Gasteiger charge is -2.41. The number of urea groups is 1. The lowest BCUT2D eigenvalue weighted by molar-refractivity contribution is -0.141. The Hall–Kier alpha value is -2.05. The van der Waals surface area contributed by atoms with E-state index in [0.717, 1.165) is 19.3 Å². The molecule has 1 aliphatic carbocycles. The standard InChI is InChI=1S/C13H20N4O3/c1-17(8-10-14-5-6-15-10)12(20)16-9-13(3-2-4-13)7-11(18)19/h5-6H,2-4,7-9H2,1H3,(H,14,15)(H,16,20)(H,18,19). The first-order chi connectivity index (χ1) is 9.51. The summed E-state index contributed by atoms with van der Waals surface area (Å²) < 4.78 is 0. The average Bonchev–Trinajstić information content (AvgIpc) is 2.84. The molecule has 7 nitrogen and oxygen atoms in total. The monoisotopic (exact) mass is 280 g/mol. The van der Waals surface area contributed by atoms with Crippen molar-refractivity contribution in [2.24, 2.45) is 5.41 Å². The van der Waals surface area contributed by atoms with Gasteiger partial charge >= 0.3 is 12.0 Å². The van der Waals surface area contributed by atoms with E-state index >= 15 is 0 Å². The third kappa shape index (κ3) is 3.49. The highest BCUT2D eigenvalue weighted by molar-refractivity contribution is 5.74. The summed E-state index contributed by atoms with van der Waals surface area (Å²) in [7, 11) is 1.68. The molecule has 0 aliphatic heterocycles. The van der Waals surface area contributed by atoms with E-state index in [9.17, 15) is 9.59 Å². The van der Waals surface area contributed by atoms with Crippen LogP contribution < -0.4 is 5.32 Å². The van der Waals surface area contributed by atoms with Crippen molar-refractivity contribution in [1.82, 2.24) is 20.2 Å². The van der Waals surface area contributed by atoms with Crippen LogP contribution >= 0.6 is 0 Å². The largest absolute Gasteiger partial charge is 0.481 e. The fourth-order valence-electron chi connectivity index (χ4n) is 2.49. The summed E-state index contributed by atoms with van der Waals surface area (Å²) in [6, 6.07) is -0.210. The summed E-state index contributed by atoms with van der Waals surface area (Å²) in [4.78, 5) is 31.3. The molecule has 1 heterocycles. The van der Waals surface area contributed by atoms with Gasteiger partial charge in [0.05, 0.1) is 13.0 Å². The summed E-state index contributed by atoms with van der Waals surface area (Å²) in [5.41, 5.74) is -0.257. The highest BCUT2D eigenvalue weighted by Gasteiger charge is 2.39. The zero-order valence-electron chi connectivity index (χ0n) is 11.6. The van der Waals surface area contributed by atoms with Crippen LogP contribution in [0.1, 0.15) is 31.5 Å². The number of carbonyl (C=O) groups is 2. The van der Waals surface area contributed by atoms with Crippen LogP contribution in [0.5, 0.6) is 0 Å².